The molecule has 1 N–H and O–H groups in total. The molecule has 2 aromatic rings. The van der Waals surface area contributed by atoms with Crippen LogP contribution in [0.25, 0.3) is 0 Å². The maximum absolute atomic E-state index is 11.2. The summed E-state index contributed by atoms with van der Waals surface area (Å²) in [5.74, 6) is -1.64. The summed E-state index contributed by atoms with van der Waals surface area (Å²) in [6, 6.07) is 10.6. The van der Waals surface area contributed by atoms with Crippen LogP contribution in [0.4, 0.5) is 0 Å². The molecule has 0 amide bonds. The van der Waals surface area contributed by atoms with Gasteiger partial charge >= 0.3 is 11.9 Å². The topological polar surface area (TPSA) is 107 Å². The fourth-order valence-corrected chi connectivity index (χ4v) is 2.11. The fraction of sp³-hybridized carbons (Fsp3) is 0.200. The third-order valence-electron chi connectivity index (χ3n) is 3.52. The summed E-state index contributed by atoms with van der Waals surface area (Å²) < 4.78 is 8.98. The van der Waals surface area contributed by atoms with Gasteiger partial charge in [-0.3, -0.25) is 9.59 Å². The Kier molecular flexibility index (Phi) is 7.88. The van der Waals surface area contributed by atoms with E-state index < -0.39 is 11.9 Å². The number of ketones is 2. The van der Waals surface area contributed by atoms with Crippen LogP contribution in [0.1, 0.15) is 55.3 Å². The van der Waals surface area contributed by atoms with E-state index in [-0.39, 0.29) is 22.9 Å². The predicted molar refractivity (Wildman–Crippen MR) is 97.2 cm³/mol. The first-order valence-electron chi connectivity index (χ1n) is 7.83. The van der Waals surface area contributed by atoms with Crippen molar-refractivity contribution in [1.82, 2.24) is 0 Å². The van der Waals surface area contributed by atoms with Gasteiger partial charge in [-0.2, -0.15) is 0 Å². The summed E-state index contributed by atoms with van der Waals surface area (Å²) in [5, 5.41) is 9.31. The van der Waals surface area contributed by atoms with E-state index in [4.69, 9.17) is 0 Å². The van der Waals surface area contributed by atoms with Crippen molar-refractivity contribution in [3.63, 3.8) is 0 Å². The number of carbonyl (C=O) groups excluding carboxylic acids is 4. The highest BCUT2D eigenvalue weighted by Crippen LogP contribution is 2.19. The monoisotopic (exact) mass is 372 g/mol. The Hall–Kier alpha value is -3.48. The lowest BCUT2D eigenvalue weighted by molar-refractivity contribution is 0.0589. The predicted octanol–water partition coefficient (Wildman–Crippen LogP) is 3.06. The van der Waals surface area contributed by atoms with Crippen LogP contribution in [0.5, 0.6) is 5.75 Å². The Morgan fingerprint density at radius 3 is 1.74 bits per heavy atom. The van der Waals surface area contributed by atoms with Crippen LogP contribution < -0.4 is 0 Å². The minimum absolute atomic E-state index is 0.000185. The molecule has 0 saturated carbocycles. The molecule has 0 radical (unpaired) electrons. The van der Waals surface area contributed by atoms with E-state index in [2.05, 4.69) is 9.47 Å². The molecule has 0 fully saturated rings. The number of hydrogen-bond acceptors (Lipinski definition) is 7. The van der Waals surface area contributed by atoms with E-state index in [0.29, 0.717) is 16.7 Å². The van der Waals surface area contributed by atoms with Crippen molar-refractivity contribution in [1.29, 1.82) is 0 Å². The molecular weight excluding hydrogens is 352 g/mol. The molecule has 2 aromatic carbocycles. The molecule has 0 spiro atoms. The second-order valence-electron chi connectivity index (χ2n) is 5.37. The molecule has 142 valence electrons. The average Bonchev–Trinajstić information content (AvgIpc) is 2.67. The van der Waals surface area contributed by atoms with E-state index in [1.807, 2.05) is 0 Å². The lowest BCUT2D eigenvalue weighted by atomic mass is 10.0. The summed E-state index contributed by atoms with van der Waals surface area (Å²) in [6.45, 7) is 2.80. The second kappa shape index (κ2) is 9.86. The standard InChI is InChI=1S/C10H10O4.C10H10O3/c1-6(11)7-3-4-9(12)8(5-7)10(13)14-2;1-7(11)8-5-3-4-6-9(8)10(12)13-2/h3-5,12H,1-2H3;3-6H,1-2H3. The number of carbonyl (C=O) groups is 4. The van der Waals surface area contributed by atoms with Gasteiger partial charge in [-0.05, 0) is 38.1 Å². The van der Waals surface area contributed by atoms with Crippen molar-refractivity contribution in [3.05, 3.63) is 64.7 Å². The Bertz CT molecular complexity index is 868. The molecule has 27 heavy (non-hydrogen) atoms. The van der Waals surface area contributed by atoms with Crippen LogP contribution in [-0.4, -0.2) is 42.8 Å². The molecule has 7 nitrogen and oxygen atoms in total. The maximum atomic E-state index is 11.2. The van der Waals surface area contributed by atoms with Gasteiger partial charge in [-0.25, -0.2) is 9.59 Å². The van der Waals surface area contributed by atoms with Gasteiger partial charge in [0.1, 0.15) is 11.3 Å². The second-order valence-corrected chi connectivity index (χ2v) is 5.37. The van der Waals surface area contributed by atoms with Crippen molar-refractivity contribution >= 4 is 23.5 Å². The average molecular weight is 372 g/mol. The highest BCUT2D eigenvalue weighted by Gasteiger charge is 2.14. The number of benzene rings is 2. The largest absolute Gasteiger partial charge is 0.507 e. The molecule has 0 heterocycles. The molecule has 0 unspecified atom stereocenters. The molecule has 2 rings (SSSR count). The van der Waals surface area contributed by atoms with Crippen molar-refractivity contribution in [2.75, 3.05) is 14.2 Å². The van der Waals surface area contributed by atoms with Crippen LogP contribution >= 0.6 is 0 Å². The van der Waals surface area contributed by atoms with Crippen LogP contribution in [0.3, 0.4) is 0 Å². The summed E-state index contributed by atoms with van der Waals surface area (Å²) in [5.41, 5.74) is 1.08. The zero-order valence-electron chi connectivity index (χ0n) is 15.4. The van der Waals surface area contributed by atoms with Gasteiger partial charge in [0.2, 0.25) is 0 Å². The van der Waals surface area contributed by atoms with Crippen LogP contribution in [0.2, 0.25) is 0 Å². The van der Waals surface area contributed by atoms with Crippen molar-refractivity contribution in [2.24, 2.45) is 0 Å². The molecule has 0 saturated heterocycles. The lowest BCUT2D eigenvalue weighted by Crippen LogP contribution is -2.07. The van der Waals surface area contributed by atoms with Gasteiger partial charge in [0.05, 0.1) is 19.8 Å². The summed E-state index contributed by atoms with van der Waals surface area (Å²) >= 11 is 0. The van der Waals surface area contributed by atoms with E-state index in [1.165, 1.54) is 46.3 Å². The zero-order valence-corrected chi connectivity index (χ0v) is 15.4. The van der Waals surface area contributed by atoms with Crippen LogP contribution in [-0.2, 0) is 9.47 Å². The third kappa shape index (κ3) is 5.78. The van der Waals surface area contributed by atoms with Gasteiger partial charge in [-0.15, -0.1) is 0 Å². The maximum Gasteiger partial charge on any atom is 0.341 e. The highest BCUT2D eigenvalue weighted by atomic mass is 16.5. The first kappa shape index (κ1) is 21.6. The smallest absolute Gasteiger partial charge is 0.341 e. The van der Waals surface area contributed by atoms with E-state index in [1.54, 1.807) is 24.3 Å². The van der Waals surface area contributed by atoms with Crippen molar-refractivity contribution < 1.29 is 33.8 Å². The molecule has 7 heteroatoms. The molecule has 0 aromatic heterocycles. The number of esters is 2. The lowest BCUT2D eigenvalue weighted by Gasteiger charge is -2.03. The van der Waals surface area contributed by atoms with Gasteiger partial charge in [0, 0.05) is 11.1 Å². The minimum Gasteiger partial charge on any atom is -0.507 e. The van der Waals surface area contributed by atoms with Gasteiger partial charge in [0.15, 0.2) is 11.6 Å². The number of hydrogen-bond donors (Lipinski definition) is 1. The van der Waals surface area contributed by atoms with Crippen LogP contribution in [0, 0.1) is 0 Å². The normalized spacial score (nSPS) is 9.48. The Balaban J connectivity index is 0.000000271. The van der Waals surface area contributed by atoms with Gasteiger partial charge < -0.3 is 14.6 Å². The SMILES string of the molecule is COC(=O)c1cc(C(C)=O)ccc1O.COC(=O)c1ccccc1C(C)=O. The summed E-state index contributed by atoms with van der Waals surface area (Å²) in [6.07, 6.45) is 0. The molecule has 0 aliphatic rings. The number of ether oxygens (including phenoxy) is 2. The highest BCUT2D eigenvalue weighted by molar-refractivity contribution is 6.05. The number of Topliss-reactive ketones (excluding diaryl/α,β-unsaturated/α-hetero) is 2. The molecular formula is C20H20O7. The number of rotatable bonds is 4. The Morgan fingerprint density at radius 2 is 1.26 bits per heavy atom. The molecule has 0 bridgehead atoms. The Morgan fingerprint density at radius 1 is 0.741 bits per heavy atom. The number of phenols is 1. The fourth-order valence-electron chi connectivity index (χ4n) is 2.11. The van der Waals surface area contributed by atoms with Gasteiger partial charge in [-0.1, -0.05) is 18.2 Å². The van der Waals surface area contributed by atoms with Crippen molar-refractivity contribution in [3.8, 4) is 5.75 Å². The summed E-state index contributed by atoms with van der Waals surface area (Å²) in [7, 11) is 2.50. The summed E-state index contributed by atoms with van der Waals surface area (Å²) in [4.78, 5) is 44.3. The first-order valence-corrected chi connectivity index (χ1v) is 7.83. The minimum atomic E-state index is -0.661. The third-order valence-corrected chi connectivity index (χ3v) is 3.52. The molecule has 0 aliphatic heterocycles. The van der Waals surface area contributed by atoms with Gasteiger partial charge in [0.25, 0.3) is 0 Å². The number of phenolic OH excluding ortho intramolecular Hbond substituents is 1. The molecule has 0 aliphatic carbocycles. The number of aromatic hydroxyl groups is 1. The Labute approximate surface area is 156 Å². The zero-order chi connectivity index (χ0) is 20.6. The molecule has 0 atom stereocenters. The quantitative estimate of drug-likeness (QED) is 0.649. The number of methoxy groups -OCH3 is 2. The van der Waals surface area contributed by atoms with Crippen LogP contribution in [0.15, 0.2) is 42.5 Å². The first-order chi connectivity index (χ1) is 12.7. The van der Waals surface area contributed by atoms with E-state index in [9.17, 15) is 24.3 Å². The van der Waals surface area contributed by atoms with Crippen molar-refractivity contribution in [2.45, 2.75) is 13.8 Å². The van der Waals surface area contributed by atoms with E-state index in [0.717, 1.165) is 0 Å². The van der Waals surface area contributed by atoms with E-state index >= 15 is 0 Å².